The third-order valence-corrected chi connectivity index (χ3v) is 6.39. The molecule has 4 rings (SSSR count). The molecule has 0 bridgehead atoms. The number of anilines is 2. The second-order valence-corrected chi connectivity index (χ2v) is 8.70. The minimum Gasteiger partial charge on any atom is -0.383 e. The van der Waals surface area contributed by atoms with E-state index in [9.17, 15) is 24.5 Å². The van der Waals surface area contributed by atoms with E-state index in [0.29, 0.717) is 21.4 Å². The lowest BCUT2D eigenvalue weighted by Crippen LogP contribution is -2.41. The molecule has 10 nitrogen and oxygen atoms in total. The molecule has 0 aliphatic carbocycles. The number of aromatic nitrogens is 2. The number of aromatic amines is 1. The van der Waals surface area contributed by atoms with E-state index >= 15 is 0 Å². The van der Waals surface area contributed by atoms with Crippen LogP contribution in [0.1, 0.15) is 28.6 Å². The van der Waals surface area contributed by atoms with Crippen LogP contribution in [0.25, 0.3) is 10.1 Å². The Bertz CT molecular complexity index is 1510. The van der Waals surface area contributed by atoms with Gasteiger partial charge < -0.3 is 5.73 Å². The number of amides is 1. The van der Waals surface area contributed by atoms with Gasteiger partial charge in [-0.3, -0.25) is 34.2 Å². The molecule has 0 radical (unpaired) electrons. The maximum atomic E-state index is 13.5. The number of carbonyl (C=O) groups is 1. The average molecular weight is 480 g/mol. The average Bonchev–Trinajstić information content (AvgIpc) is 3.25. The van der Waals surface area contributed by atoms with Crippen molar-refractivity contribution >= 4 is 44.5 Å². The molecular formula is C23H21N5O5S. The van der Waals surface area contributed by atoms with E-state index < -0.39 is 22.1 Å². The molecule has 174 valence electrons. The molecule has 2 aromatic carbocycles. The Hall–Kier alpha value is -4.25. The molecule has 0 aliphatic rings. The summed E-state index contributed by atoms with van der Waals surface area (Å²) >= 11 is 1.16. The van der Waals surface area contributed by atoms with Gasteiger partial charge in [-0.15, -0.1) is 11.3 Å². The number of nitrogens with two attached hydrogens (primary N) is 1. The van der Waals surface area contributed by atoms with Crippen LogP contribution in [0.5, 0.6) is 0 Å². The number of hydrogen-bond donors (Lipinski definition) is 2. The molecular weight excluding hydrogens is 458 g/mol. The van der Waals surface area contributed by atoms with Gasteiger partial charge in [0.05, 0.1) is 16.3 Å². The summed E-state index contributed by atoms with van der Waals surface area (Å²) in [5.74, 6) is -0.594. The van der Waals surface area contributed by atoms with Crippen LogP contribution in [-0.4, -0.2) is 26.9 Å². The summed E-state index contributed by atoms with van der Waals surface area (Å²) in [6.07, 6.45) is 0.527. The van der Waals surface area contributed by atoms with Gasteiger partial charge in [-0.1, -0.05) is 37.3 Å². The highest BCUT2D eigenvalue weighted by atomic mass is 32.1. The van der Waals surface area contributed by atoms with E-state index in [-0.39, 0.29) is 30.3 Å². The first kappa shape index (κ1) is 22.9. The van der Waals surface area contributed by atoms with Gasteiger partial charge in [0.2, 0.25) is 0 Å². The van der Waals surface area contributed by atoms with Crippen molar-refractivity contribution in [1.29, 1.82) is 0 Å². The van der Waals surface area contributed by atoms with Crippen LogP contribution in [0.4, 0.5) is 17.2 Å². The van der Waals surface area contributed by atoms with E-state index in [1.807, 2.05) is 37.3 Å². The van der Waals surface area contributed by atoms with E-state index in [0.717, 1.165) is 16.9 Å². The van der Waals surface area contributed by atoms with Crippen molar-refractivity contribution in [3.05, 3.63) is 96.0 Å². The zero-order valence-electron chi connectivity index (χ0n) is 18.2. The van der Waals surface area contributed by atoms with Crippen LogP contribution < -0.4 is 21.9 Å². The Kier molecular flexibility index (Phi) is 6.28. The molecule has 0 spiro atoms. The fraction of sp³-hybridized carbons (Fsp3) is 0.174. The Morgan fingerprint density at radius 1 is 1.18 bits per heavy atom. The summed E-state index contributed by atoms with van der Waals surface area (Å²) in [6.45, 7) is 2.15. The molecule has 1 amide bonds. The molecule has 2 heterocycles. The third-order valence-electron chi connectivity index (χ3n) is 5.28. The van der Waals surface area contributed by atoms with Gasteiger partial charge in [0.1, 0.15) is 5.82 Å². The Morgan fingerprint density at radius 3 is 2.59 bits per heavy atom. The molecule has 0 atom stereocenters. The number of nitro groups is 1. The molecule has 0 saturated heterocycles. The molecule has 0 aliphatic heterocycles. The largest absolute Gasteiger partial charge is 0.383 e. The number of nitrogens with zero attached hydrogens (tertiary/aromatic N) is 3. The van der Waals surface area contributed by atoms with Crippen LogP contribution >= 0.6 is 11.3 Å². The number of nitrogens with one attached hydrogen (secondary N) is 1. The van der Waals surface area contributed by atoms with Crippen LogP contribution in [0.15, 0.2) is 64.2 Å². The van der Waals surface area contributed by atoms with E-state index in [1.165, 1.54) is 21.6 Å². The highest BCUT2D eigenvalue weighted by molar-refractivity contribution is 7.20. The zero-order chi connectivity index (χ0) is 24.4. The molecule has 0 fully saturated rings. The molecule has 0 saturated carbocycles. The van der Waals surface area contributed by atoms with Gasteiger partial charge in [-0.2, -0.15) is 0 Å². The SMILES string of the molecule is CCCN(C(=O)c1cc2cc([N+](=O)[O-])ccc2s1)c1c(N)n(Cc2ccccc2)c(=O)[nH]c1=O. The van der Waals surface area contributed by atoms with Crippen molar-refractivity contribution in [2.45, 2.75) is 19.9 Å². The van der Waals surface area contributed by atoms with Crippen molar-refractivity contribution in [3.8, 4) is 0 Å². The monoisotopic (exact) mass is 479 g/mol. The number of nitro benzene ring substituents is 1. The minimum atomic E-state index is -0.759. The lowest BCUT2D eigenvalue weighted by molar-refractivity contribution is -0.384. The van der Waals surface area contributed by atoms with E-state index in [2.05, 4.69) is 4.98 Å². The second kappa shape index (κ2) is 9.32. The van der Waals surface area contributed by atoms with Crippen LogP contribution in [0, 0.1) is 10.1 Å². The van der Waals surface area contributed by atoms with Gasteiger partial charge in [0.25, 0.3) is 17.2 Å². The predicted octanol–water partition coefficient (Wildman–Crippen LogP) is 3.35. The second-order valence-electron chi connectivity index (χ2n) is 7.61. The first-order valence-corrected chi connectivity index (χ1v) is 11.3. The summed E-state index contributed by atoms with van der Waals surface area (Å²) in [5, 5.41) is 11.6. The summed E-state index contributed by atoms with van der Waals surface area (Å²) < 4.78 is 1.91. The number of hydrogen-bond acceptors (Lipinski definition) is 7. The lowest BCUT2D eigenvalue weighted by Gasteiger charge is -2.23. The molecule has 4 aromatic rings. The molecule has 34 heavy (non-hydrogen) atoms. The summed E-state index contributed by atoms with van der Waals surface area (Å²) in [7, 11) is 0. The van der Waals surface area contributed by atoms with Crippen LogP contribution in [0.2, 0.25) is 0 Å². The third kappa shape index (κ3) is 4.33. The first-order chi connectivity index (χ1) is 16.3. The Labute approximate surface area is 197 Å². The Balaban J connectivity index is 1.79. The highest BCUT2D eigenvalue weighted by Gasteiger charge is 2.26. The minimum absolute atomic E-state index is 0.0802. The van der Waals surface area contributed by atoms with Crippen molar-refractivity contribution < 1.29 is 9.72 Å². The molecule has 11 heteroatoms. The number of nitrogen functional groups attached to an aromatic ring is 1. The molecule has 0 unspecified atom stereocenters. The number of thiophene rings is 1. The standard InChI is InChI=1S/C23H21N5O5S/c1-2-10-26(22(30)18-12-15-11-16(28(32)33)8-9-17(15)34-18)19-20(24)27(23(31)25-21(19)29)13-14-6-4-3-5-7-14/h3-9,11-12H,2,10,13,24H2,1H3,(H,25,29,31). The van der Waals surface area contributed by atoms with Crippen molar-refractivity contribution in [3.63, 3.8) is 0 Å². The number of rotatable bonds is 7. The molecule has 3 N–H and O–H groups in total. The summed E-state index contributed by atoms with van der Waals surface area (Å²) in [5.41, 5.74) is 5.47. The highest BCUT2D eigenvalue weighted by Crippen LogP contribution is 2.31. The van der Waals surface area contributed by atoms with E-state index in [4.69, 9.17) is 5.73 Å². The number of fused-ring (bicyclic) bond motifs is 1. The van der Waals surface area contributed by atoms with Gasteiger partial charge in [0.15, 0.2) is 5.69 Å². The van der Waals surface area contributed by atoms with Crippen molar-refractivity contribution in [2.24, 2.45) is 0 Å². The molecule has 2 aromatic heterocycles. The van der Waals surface area contributed by atoms with Crippen molar-refractivity contribution in [1.82, 2.24) is 9.55 Å². The topological polar surface area (TPSA) is 144 Å². The number of benzene rings is 2. The lowest BCUT2D eigenvalue weighted by atomic mass is 10.2. The summed E-state index contributed by atoms with van der Waals surface area (Å²) in [4.78, 5) is 53.2. The normalized spacial score (nSPS) is 11.0. The summed E-state index contributed by atoms with van der Waals surface area (Å²) in [6, 6.07) is 15.0. The van der Waals surface area contributed by atoms with Gasteiger partial charge in [-0.05, 0) is 24.1 Å². The maximum absolute atomic E-state index is 13.5. The fourth-order valence-electron chi connectivity index (χ4n) is 3.68. The van der Waals surface area contributed by atoms with Gasteiger partial charge in [0, 0.05) is 28.8 Å². The van der Waals surface area contributed by atoms with Gasteiger partial charge in [-0.25, -0.2) is 4.79 Å². The van der Waals surface area contributed by atoms with Crippen LogP contribution in [0.3, 0.4) is 0 Å². The zero-order valence-corrected chi connectivity index (χ0v) is 19.0. The first-order valence-electron chi connectivity index (χ1n) is 10.5. The van der Waals surface area contributed by atoms with Crippen molar-refractivity contribution in [2.75, 3.05) is 17.2 Å². The number of carbonyl (C=O) groups excluding carboxylic acids is 1. The fourth-order valence-corrected chi connectivity index (χ4v) is 4.67. The quantitative estimate of drug-likeness (QED) is 0.307. The predicted molar refractivity (Wildman–Crippen MR) is 132 cm³/mol. The Morgan fingerprint density at radius 2 is 1.91 bits per heavy atom. The number of non-ortho nitro benzene ring substituents is 1. The maximum Gasteiger partial charge on any atom is 0.330 e. The smallest absolute Gasteiger partial charge is 0.330 e. The van der Waals surface area contributed by atoms with Crippen LogP contribution in [-0.2, 0) is 6.54 Å². The van der Waals surface area contributed by atoms with Gasteiger partial charge >= 0.3 is 5.69 Å². The number of H-pyrrole nitrogens is 1. The van der Waals surface area contributed by atoms with E-state index in [1.54, 1.807) is 12.1 Å².